The fourth-order valence-corrected chi connectivity index (χ4v) is 2.44. The quantitative estimate of drug-likeness (QED) is 0.838. The molecule has 0 aromatic rings. The van der Waals surface area contributed by atoms with Gasteiger partial charge in [-0.2, -0.15) is 13.2 Å². The highest BCUT2D eigenvalue weighted by Crippen LogP contribution is 2.20. The Bertz CT molecular complexity index is 379. The van der Waals surface area contributed by atoms with Crippen molar-refractivity contribution >= 4 is 11.8 Å². The lowest BCUT2D eigenvalue weighted by Crippen LogP contribution is -2.51. The lowest BCUT2D eigenvalue weighted by atomic mass is 9.95. The van der Waals surface area contributed by atoms with Gasteiger partial charge in [0.2, 0.25) is 11.8 Å². The molecule has 21 heavy (non-hydrogen) atoms. The second-order valence-corrected chi connectivity index (χ2v) is 5.42. The van der Waals surface area contributed by atoms with Crippen LogP contribution >= 0.6 is 0 Å². The number of hydrogen-bond donors (Lipinski definition) is 1. The Hall–Kier alpha value is -1.31. The Morgan fingerprint density at radius 2 is 1.86 bits per heavy atom. The first-order valence-electron chi connectivity index (χ1n) is 6.93. The van der Waals surface area contributed by atoms with E-state index in [-0.39, 0.29) is 17.7 Å². The first kappa shape index (κ1) is 17.7. The monoisotopic (exact) mass is 309 g/mol. The normalized spacial score (nSPS) is 18.7. The zero-order valence-electron chi connectivity index (χ0n) is 12.5. The predicted molar refractivity (Wildman–Crippen MR) is 71.5 cm³/mol. The number of carbonyl (C=O) groups excluding carboxylic acids is 2. The van der Waals surface area contributed by atoms with E-state index in [2.05, 4.69) is 5.32 Å². The number of nitrogens with zero attached hydrogens (tertiary/aromatic N) is 2. The molecule has 122 valence electrons. The Kier molecular flexibility index (Phi) is 6.00. The second-order valence-electron chi connectivity index (χ2n) is 5.42. The number of carbonyl (C=O) groups is 2. The van der Waals surface area contributed by atoms with Crippen molar-refractivity contribution in [2.45, 2.75) is 32.0 Å². The number of alkyl halides is 3. The molecule has 1 atom stereocenters. The maximum atomic E-state index is 12.3. The van der Waals surface area contributed by atoms with Crippen LogP contribution in [0.4, 0.5) is 13.2 Å². The van der Waals surface area contributed by atoms with Gasteiger partial charge in [-0.05, 0) is 26.8 Å². The van der Waals surface area contributed by atoms with E-state index < -0.39 is 18.8 Å². The first-order chi connectivity index (χ1) is 9.65. The predicted octanol–water partition coefficient (Wildman–Crippen LogP) is 0.854. The van der Waals surface area contributed by atoms with Gasteiger partial charge in [0.1, 0.15) is 0 Å². The number of likely N-dealkylation sites (N-methyl/N-ethyl adjacent to an activating group) is 1. The summed E-state index contributed by atoms with van der Waals surface area (Å²) in [6, 6.07) is -0.830. The molecule has 1 N–H and O–H groups in total. The van der Waals surface area contributed by atoms with Crippen molar-refractivity contribution in [3.05, 3.63) is 0 Å². The number of likely N-dealkylation sites (tertiary alicyclic amines) is 1. The van der Waals surface area contributed by atoms with Crippen LogP contribution in [0.25, 0.3) is 0 Å². The topological polar surface area (TPSA) is 52.7 Å². The highest BCUT2D eigenvalue weighted by molar-refractivity contribution is 5.82. The lowest BCUT2D eigenvalue weighted by Gasteiger charge is -2.35. The fourth-order valence-electron chi connectivity index (χ4n) is 2.44. The molecule has 0 aromatic carbocycles. The molecule has 1 aliphatic heterocycles. The maximum absolute atomic E-state index is 12.3. The van der Waals surface area contributed by atoms with E-state index >= 15 is 0 Å². The lowest BCUT2D eigenvalue weighted by molar-refractivity contribution is -0.155. The highest BCUT2D eigenvalue weighted by atomic mass is 19.4. The SMILES string of the molecule is CNC(=O)C1CCN(C(=O)C(C)N(C)CC(F)(F)F)CC1. The van der Waals surface area contributed by atoms with Gasteiger partial charge in [-0.15, -0.1) is 0 Å². The van der Waals surface area contributed by atoms with Crippen molar-refractivity contribution in [1.29, 1.82) is 0 Å². The van der Waals surface area contributed by atoms with Crippen LogP contribution in [0.1, 0.15) is 19.8 Å². The number of hydrogen-bond acceptors (Lipinski definition) is 3. The van der Waals surface area contributed by atoms with Crippen LogP contribution in [0.2, 0.25) is 0 Å². The van der Waals surface area contributed by atoms with E-state index in [1.54, 1.807) is 7.05 Å². The molecular weight excluding hydrogens is 287 g/mol. The van der Waals surface area contributed by atoms with E-state index in [1.807, 2.05) is 0 Å². The third-order valence-electron chi connectivity index (χ3n) is 3.87. The van der Waals surface area contributed by atoms with Crippen molar-refractivity contribution in [2.24, 2.45) is 5.92 Å². The summed E-state index contributed by atoms with van der Waals surface area (Å²) in [5, 5.41) is 2.57. The average molecular weight is 309 g/mol. The molecule has 1 heterocycles. The minimum atomic E-state index is -4.32. The largest absolute Gasteiger partial charge is 0.401 e. The highest BCUT2D eigenvalue weighted by Gasteiger charge is 2.35. The Morgan fingerprint density at radius 3 is 2.29 bits per heavy atom. The van der Waals surface area contributed by atoms with Crippen LogP contribution in [0.5, 0.6) is 0 Å². The molecule has 2 amide bonds. The van der Waals surface area contributed by atoms with E-state index in [9.17, 15) is 22.8 Å². The van der Waals surface area contributed by atoms with Gasteiger partial charge in [-0.25, -0.2) is 0 Å². The number of piperidine rings is 1. The zero-order chi connectivity index (χ0) is 16.2. The van der Waals surface area contributed by atoms with E-state index in [1.165, 1.54) is 18.9 Å². The van der Waals surface area contributed by atoms with Gasteiger partial charge in [-0.1, -0.05) is 0 Å². The van der Waals surface area contributed by atoms with E-state index in [4.69, 9.17) is 0 Å². The fraction of sp³-hybridized carbons (Fsp3) is 0.846. The molecule has 0 saturated carbocycles. The Morgan fingerprint density at radius 1 is 1.33 bits per heavy atom. The molecule has 8 heteroatoms. The van der Waals surface area contributed by atoms with Crippen molar-refractivity contribution < 1.29 is 22.8 Å². The first-order valence-corrected chi connectivity index (χ1v) is 6.93. The molecule has 5 nitrogen and oxygen atoms in total. The number of rotatable bonds is 4. The molecule has 0 aromatic heterocycles. The molecule has 0 spiro atoms. The zero-order valence-corrected chi connectivity index (χ0v) is 12.5. The van der Waals surface area contributed by atoms with Gasteiger partial charge in [0, 0.05) is 26.1 Å². The van der Waals surface area contributed by atoms with Crippen molar-refractivity contribution in [2.75, 3.05) is 33.7 Å². The second kappa shape index (κ2) is 7.11. The van der Waals surface area contributed by atoms with Gasteiger partial charge in [0.25, 0.3) is 0 Å². The maximum Gasteiger partial charge on any atom is 0.401 e. The minimum absolute atomic E-state index is 0.0515. The third-order valence-corrected chi connectivity index (χ3v) is 3.87. The molecule has 0 aliphatic carbocycles. The summed E-state index contributed by atoms with van der Waals surface area (Å²) in [4.78, 5) is 26.2. The van der Waals surface area contributed by atoms with Crippen LogP contribution in [-0.4, -0.2) is 67.6 Å². The Balaban J connectivity index is 2.51. The molecule has 1 unspecified atom stereocenters. The van der Waals surface area contributed by atoms with Crippen molar-refractivity contribution in [3.63, 3.8) is 0 Å². The number of halogens is 3. The van der Waals surface area contributed by atoms with Gasteiger partial charge in [-0.3, -0.25) is 14.5 Å². The molecule has 1 fully saturated rings. The summed E-state index contributed by atoms with van der Waals surface area (Å²) in [5.74, 6) is -0.497. The summed E-state index contributed by atoms with van der Waals surface area (Å²) < 4.78 is 37.0. The summed E-state index contributed by atoms with van der Waals surface area (Å²) in [6.07, 6.45) is -3.24. The minimum Gasteiger partial charge on any atom is -0.359 e. The molecule has 0 radical (unpaired) electrons. The molecule has 1 rings (SSSR count). The van der Waals surface area contributed by atoms with Crippen LogP contribution in [0, 0.1) is 5.92 Å². The number of amides is 2. The van der Waals surface area contributed by atoms with E-state index in [0.717, 1.165) is 4.90 Å². The van der Waals surface area contributed by atoms with Crippen LogP contribution < -0.4 is 5.32 Å². The Labute approximate surface area is 122 Å². The average Bonchev–Trinajstić information content (AvgIpc) is 2.43. The number of nitrogens with one attached hydrogen (secondary N) is 1. The molecule has 0 bridgehead atoms. The smallest absolute Gasteiger partial charge is 0.359 e. The molecule has 1 saturated heterocycles. The summed E-state index contributed by atoms with van der Waals surface area (Å²) >= 11 is 0. The van der Waals surface area contributed by atoms with Crippen LogP contribution in [-0.2, 0) is 9.59 Å². The summed E-state index contributed by atoms with van der Waals surface area (Å²) in [7, 11) is 2.85. The van der Waals surface area contributed by atoms with Crippen molar-refractivity contribution in [3.8, 4) is 0 Å². The van der Waals surface area contributed by atoms with Gasteiger partial charge < -0.3 is 10.2 Å². The van der Waals surface area contributed by atoms with Gasteiger partial charge in [0.15, 0.2) is 0 Å². The van der Waals surface area contributed by atoms with Crippen LogP contribution in [0.15, 0.2) is 0 Å². The van der Waals surface area contributed by atoms with Crippen molar-refractivity contribution in [1.82, 2.24) is 15.1 Å². The third kappa shape index (κ3) is 5.18. The van der Waals surface area contributed by atoms with Gasteiger partial charge >= 0.3 is 6.18 Å². The van der Waals surface area contributed by atoms with Crippen LogP contribution in [0.3, 0.4) is 0 Å². The summed E-state index contributed by atoms with van der Waals surface area (Å²) in [6.45, 7) is 1.16. The summed E-state index contributed by atoms with van der Waals surface area (Å²) in [5.41, 5.74) is 0. The molecule has 1 aliphatic rings. The molecular formula is C13H22F3N3O2. The standard InChI is InChI=1S/C13H22F3N3O2/c1-9(18(3)8-13(14,15)16)12(21)19-6-4-10(5-7-19)11(20)17-2/h9-10H,4-8H2,1-3H3,(H,17,20). The van der Waals surface area contributed by atoms with E-state index in [0.29, 0.717) is 25.9 Å². The van der Waals surface area contributed by atoms with Gasteiger partial charge in [0.05, 0.1) is 12.6 Å².